The van der Waals surface area contributed by atoms with Gasteiger partial charge >= 0.3 is 6.09 Å². The Labute approximate surface area is 137 Å². The third-order valence-electron chi connectivity index (χ3n) is 2.71. The second-order valence-electron chi connectivity index (χ2n) is 5.91. The SMILES string of the molecule is CC.CC(=O)N(C(=O)OC(C)(C)C)c1cn2cc(C)ccc2n1. The normalized spacial score (nSPS) is 10.7. The van der Waals surface area contributed by atoms with Crippen LogP contribution in [-0.4, -0.2) is 27.0 Å². The number of imidazole rings is 1. The Morgan fingerprint density at radius 3 is 2.30 bits per heavy atom. The maximum atomic E-state index is 12.2. The predicted octanol–water partition coefficient (Wildman–Crippen LogP) is 3.96. The van der Waals surface area contributed by atoms with E-state index in [1.54, 1.807) is 31.4 Å². The van der Waals surface area contributed by atoms with E-state index in [0.29, 0.717) is 5.65 Å². The zero-order valence-electron chi connectivity index (χ0n) is 14.9. The lowest BCUT2D eigenvalue weighted by atomic mass is 10.2. The number of hydrogen-bond acceptors (Lipinski definition) is 4. The van der Waals surface area contributed by atoms with E-state index < -0.39 is 17.6 Å². The molecule has 0 aliphatic carbocycles. The molecule has 0 unspecified atom stereocenters. The van der Waals surface area contributed by atoms with Gasteiger partial charge in [-0.25, -0.2) is 9.78 Å². The van der Waals surface area contributed by atoms with E-state index >= 15 is 0 Å². The van der Waals surface area contributed by atoms with Crippen LogP contribution in [0, 0.1) is 6.92 Å². The van der Waals surface area contributed by atoms with Crippen molar-refractivity contribution in [3.05, 3.63) is 30.1 Å². The molecule has 0 bridgehead atoms. The second-order valence-corrected chi connectivity index (χ2v) is 5.91. The van der Waals surface area contributed by atoms with Crippen LogP contribution in [0.1, 0.15) is 47.1 Å². The quantitative estimate of drug-likeness (QED) is 0.798. The van der Waals surface area contributed by atoms with Crippen molar-refractivity contribution in [3.8, 4) is 0 Å². The number of aromatic nitrogens is 2. The first-order valence-corrected chi connectivity index (χ1v) is 7.66. The number of fused-ring (bicyclic) bond motifs is 1. The van der Waals surface area contributed by atoms with Crippen molar-refractivity contribution in [1.82, 2.24) is 9.38 Å². The number of aryl methyl sites for hydroxylation is 1. The number of rotatable bonds is 1. The molecule has 0 aliphatic rings. The van der Waals surface area contributed by atoms with Crippen molar-refractivity contribution in [2.45, 2.75) is 54.1 Å². The van der Waals surface area contributed by atoms with Crippen molar-refractivity contribution in [3.63, 3.8) is 0 Å². The first-order valence-electron chi connectivity index (χ1n) is 7.66. The molecule has 6 heteroatoms. The summed E-state index contributed by atoms with van der Waals surface area (Å²) in [5, 5.41) is 0. The van der Waals surface area contributed by atoms with Gasteiger partial charge in [0.2, 0.25) is 5.91 Å². The van der Waals surface area contributed by atoms with Crippen LogP contribution < -0.4 is 4.90 Å². The van der Waals surface area contributed by atoms with Crippen LogP contribution in [0.4, 0.5) is 10.6 Å². The summed E-state index contributed by atoms with van der Waals surface area (Å²) in [5.74, 6) is -0.188. The lowest BCUT2D eigenvalue weighted by molar-refractivity contribution is -0.116. The van der Waals surface area contributed by atoms with Gasteiger partial charge in [-0.3, -0.25) is 4.79 Å². The fourth-order valence-corrected chi connectivity index (χ4v) is 1.89. The molecule has 2 amide bonds. The van der Waals surface area contributed by atoms with E-state index in [-0.39, 0.29) is 5.82 Å². The molecule has 0 aliphatic heterocycles. The minimum Gasteiger partial charge on any atom is -0.443 e. The third-order valence-corrected chi connectivity index (χ3v) is 2.71. The van der Waals surface area contributed by atoms with Crippen molar-refractivity contribution in [1.29, 1.82) is 0 Å². The molecule has 2 aromatic rings. The van der Waals surface area contributed by atoms with Crippen LogP contribution in [0.2, 0.25) is 0 Å². The molecule has 0 N–H and O–H groups in total. The van der Waals surface area contributed by atoms with E-state index in [1.807, 2.05) is 39.1 Å². The van der Waals surface area contributed by atoms with Crippen LogP contribution in [0.25, 0.3) is 5.65 Å². The van der Waals surface area contributed by atoms with Crippen molar-refractivity contribution < 1.29 is 14.3 Å². The van der Waals surface area contributed by atoms with Crippen molar-refractivity contribution in [2.75, 3.05) is 4.90 Å². The Morgan fingerprint density at radius 2 is 1.78 bits per heavy atom. The monoisotopic (exact) mass is 319 g/mol. The maximum Gasteiger partial charge on any atom is 0.423 e. The van der Waals surface area contributed by atoms with Crippen LogP contribution in [0.3, 0.4) is 0 Å². The Morgan fingerprint density at radius 1 is 1.17 bits per heavy atom. The lowest BCUT2D eigenvalue weighted by Gasteiger charge is -2.24. The molecule has 0 saturated heterocycles. The molecule has 6 nitrogen and oxygen atoms in total. The smallest absolute Gasteiger partial charge is 0.423 e. The molecule has 0 radical (unpaired) electrons. The number of carbonyl (C=O) groups excluding carboxylic acids is 2. The number of ether oxygens (including phenoxy) is 1. The van der Waals surface area contributed by atoms with E-state index in [9.17, 15) is 9.59 Å². The minimum atomic E-state index is -0.727. The average molecular weight is 319 g/mol. The molecule has 0 saturated carbocycles. The number of anilines is 1. The number of amides is 2. The zero-order chi connectivity index (χ0) is 17.8. The highest BCUT2D eigenvalue weighted by atomic mass is 16.6. The van der Waals surface area contributed by atoms with E-state index in [0.717, 1.165) is 10.5 Å². The van der Waals surface area contributed by atoms with Gasteiger partial charge in [0.05, 0.1) is 6.20 Å². The molecule has 2 rings (SSSR count). The van der Waals surface area contributed by atoms with Gasteiger partial charge in [0.15, 0.2) is 5.82 Å². The largest absolute Gasteiger partial charge is 0.443 e. The molecular weight excluding hydrogens is 294 g/mol. The summed E-state index contributed by atoms with van der Waals surface area (Å²) in [5.41, 5.74) is 1.03. The number of nitrogens with zero attached hydrogens (tertiary/aromatic N) is 3. The topological polar surface area (TPSA) is 63.9 Å². The third kappa shape index (κ3) is 4.81. The number of pyridine rings is 1. The summed E-state index contributed by atoms with van der Waals surface area (Å²) >= 11 is 0. The van der Waals surface area contributed by atoms with Gasteiger partial charge in [-0.1, -0.05) is 19.9 Å². The number of carbonyl (C=O) groups is 2. The highest BCUT2D eigenvalue weighted by molar-refractivity contribution is 6.10. The van der Waals surface area contributed by atoms with Crippen LogP contribution in [-0.2, 0) is 9.53 Å². The molecule has 2 aromatic heterocycles. The molecule has 23 heavy (non-hydrogen) atoms. The summed E-state index contributed by atoms with van der Waals surface area (Å²) in [6, 6.07) is 3.74. The van der Waals surface area contributed by atoms with Gasteiger partial charge in [0.1, 0.15) is 11.2 Å². The van der Waals surface area contributed by atoms with E-state index in [1.165, 1.54) is 6.92 Å². The van der Waals surface area contributed by atoms with Crippen LogP contribution in [0.5, 0.6) is 0 Å². The Balaban J connectivity index is 0.00000127. The van der Waals surface area contributed by atoms with Gasteiger partial charge in [0.25, 0.3) is 0 Å². The number of hydrogen-bond donors (Lipinski definition) is 0. The average Bonchev–Trinajstić information content (AvgIpc) is 2.80. The second kappa shape index (κ2) is 7.26. The van der Waals surface area contributed by atoms with E-state index in [2.05, 4.69) is 4.98 Å². The van der Waals surface area contributed by atoms with E-state index in [4.69, 9.17) is 4.74 Å². The predicted molar refractivity (Wildman–Crippen MR) is 90.7 cm³/mol. The molecule has 2 heterocycles. The molecule has 0 atom stereocenters. The van der Waals surface area contributed by atoms with Crippen molar-refractivity contribution in [2.24, 2.45) is 0 Å². The molecular formula is C17H25N3O3. The van der Waals surface area contributed by atoms with Crippen molar-refractivity contribution >= 4 is 23.5 Å². The van der Waals surface area contributed by atoms with Crippen LogP contribution >= 0.6 is 0 Å². The summed E-state index contributed by atoms with van der Waals surface area (Å²) in [6.07, 6.45) is 2.78. The van der Waals surface area contributed by atoms with Crippen LogP contribution in [0.15, 0.2) is 24.5 Å². The molecule has 0 fully saturated rings. The first-order chi connectivity index (χ1) is 10.7. The zero-order valence-corrected chi connectivity index (χ0v) is 14.9. The first kappa shape index (κ1) is 18.7. The summed E-state index contributed by atoms with van der Waals surface area (Å²) in [4.78, 5) is 29.2. The standard InChI is InChI=1S/C15H19N3O3.C2H6/c1-10-6-7-12-16-13(9-17(12)8-10)18(11(2)19)14(20)21-15(3,4)5;1-2/h6-9H,1-5H3;1-2H3. The maximum absolute atomic E-state index is 12.2. The highest BCUT2D eigenvalue weighted by Crippen LogP contribution is 2.19. The summed E-state index contributed by atoms with van der Waals surface area (Å²) in [6.45, 7) is 12.5. The van der Waals surface area contributed by atoms with Gasteiger partial charge in [-0.05, 0) is 39.3 Å². The van der Waals surface area contributed by atoms with Gasteiger partial charge in [-0.15, -0.1) is 0 Å². The lowest BCUT2D eigenvalue weighted by Crippen LogP contribution is -2.40. The number of imide groups is 1. The molecule has 0 aromatic carbocycles. The van der Waals surface area contributed by atoms with Gasteiger partial charge < -0.3 is 9.14 Å². The molecule has 126 valence electrons. The van der Waals surface area contributed by atoms with Gasteiger partial charge in [0, 0.05) is 13.1 Å². The summed E-state index contributed by atoms with van der Waals surface area (Å²) < 4.78 is 7.02. The Bertz CT molecular complexity index is 699. The summed E-state index contributed by atoms with van der Waals surface area (Å²) in [7, 11) is 0. The Hall–Kier alpha value is -2.37. The molecule has 0 spiro atoms. The Kier molecular flexibility index (Phi) is 5.90. The highest BCUT2D eigenvalue weighted by Gasteiger charge is 2.28. The minimum absolute atomic E-state index is 0.252. The fraction of sp³-hybridized carbons (Fsp3) is 0.471. The fourth-order valence-electron chi connectivity index (χ4n) is 1.89. The van der Waals surface area contributed by atoms with Gasteiger partial charge in [-0.2, -0.15) is 4.90 Å².